The average Bonchev–Trinajstić information content (AvgIpc) is 1.69. The van der Waals surface area contributed by atoms with Gasteiger partial charge in [-0.1, -0.05) is 0 Å². The van der Waals surface area contributed by atoms with Gasteiger partial charge < -0.3 is 10.4 Å². The van der Waals surface area contributed by atoms with E-state index in [2.05, 4.69) is 10.2 Å². The number of hydrogen-bond acceptors (Lipinski definition) is 4. The van der Waals surface area contributed by atoms with E-state index < -0.39 is 6.16 Å². The molecule has 0 amide bonds. The van der Waals surface area contributed by atoms with Crippen molar-refractivity contribution in [3.8, 4) is 0 Å². The molecule has 0 radical (unpaired) electrons. The maximum absolute atomic E-state index is 8.90. The lowest BCUT2D eigenvalue weighted by atomic mass is 11.3. The van der Waals surface area contributed by atoms with Crippen LogP contribution in [0.5, 0.6) is 0 Å². The third-order valence-electron chi connectivity index (χ3n) is 0.0781. The first kappa shape index (κ1) is 10.2. The van der Waals surface area contributed by atoms with Crippen molar-refractivity contribution in [2.75, 3.05) is 14.1 Å². The summed E-state index contributed by atoms with van der Waals surface area (Å²) < 4.78 is 0. The van der Waals surface area contributed by atoms with Gasteiger partial charge in [0.05, 0.1) is 0 Å². The van der Waals surface area contributed by atoms with Crippen molar-refractivity contribution in [1.82, 2.24) is 5.32 Å². The van der Waals surface area contributed by atoms with Gasteiger partial charge in [0.25, 0.3) is 0 Å². The van der Waals surface area contributed by atoms with Gasteiger partial charge >= 0.3 is 6.16 Å². The van der Waals surface area contributed by atoms with Crippen LogP contribution in [-0.4, -0.2) is 30.6 Å². The first-order chi connectivity index (χ1) is 3.68. The van der Waals surface area contributed by atoms with Crippen LogP contribution in [0, 0.1) is 0 Å². The molecule has 3 N–H and O–H groups in total. The summed E-state index contributed by atoms with van der Waals surface area (Å²) in [6.07, 6.45) is -1.69. The van der Waals surface area contributed by atoms with Crippen LogP contribution in [0.25, 0.3) is 0 Å². The summed E-state index contributed by atoms with van der Waals surface area (Å²) in [6, 6.07) is 0. The fourth-order valence-electron chi connectivity index (χ4n) is 0. The summed E-state index contributed by atoms with van der Waals surface area (Å²) in [4.78, 5) is 11.6. The van der Waals surface area contributed by atoms with Crippen LogP contribution in [0.3, 0.4) is 0 Å². The zero-order valence-corrected chi connectivity index (χ0v) is 4.71. The van der Waals surface area contributed by atoms with Gasteiger partial charge in [0.2, 0.25) is 0 Å². The summed E-state index contributed by atoms with van der Waals surface area (Å²) >= 11 is 0. The van der Waals surface area contributed by atoms with Gasteiger partial charge in [-0.25, -0.2) is 4.79 Å². The number of carboxylic acid groups (broad SMARTS) is 1. The molecule has 50 valence electrons. The second kappa shape index (κ2) is 9.50. The lowest BCUT2D eigenvalue weighted by Crippen LogP contribution is -1.91. The summed E-state index contributed by atoms with van der Waals surface area (Å²) in [5, 5.41) is 17.0. The van der Waals surface area contributed by atoms with E-state index in [0.717, 1.165) is 0 Å². The van der Waals surface area contributed by atoms with Gasteiger partial charge in [-0.2, -0.15) is 5.26 Å². The molecule has 5 nitrogen and oxygen atoms in total. The lowest BCUT2D eigenvalue weighted by molar-refractivity contribution is -0.194. The van der Waals surface area contributed by atoms with E-state index in [4.69, 9.17) is 15.2 Å². The van der Waals surface area contributed by atoms with E-state index in [1.807, 2.05) is 14.1 Å². The Morgan fingerprint density at radius 3 is 1.75 bits per heavy atom. The quantitative estimate of drug-likeness (QED) is 0.312. The van der Waals surface area contributed by atoms with E-state index >= 15 is 0 Å². The molecule has 0 rings (SSSR count). The molecular formula is C3H9NO4. The van der Waals surface area contributed by atoms with E-state index in [-0.39, 0.29) is 0 Å². The van der Waals surface area contributed by atoms with Gasteiger partial charge in [0, 0.05) is 0 Å². The number of hydrogen-bond donors (Lipinski definition) is 3. The molecule has 5 heteroatoms. The summed E-state index contributed by atoms with van der Waals surface area (Å²) in [6.45, 7) is 0. The van der Waals surface area contributed by atoms with Crippen molar-refractivity contribution in [2.45, 2.75) is 0 Å². The zero-order chi connectivity index (χ0) is 6.99. The monoisotopic (exact) mass is 123 g/mol. The molecule has 0 saturated carbocycles. The first-order valence-corrected chi connectivity index (χ1v) is 1.81. The van der Waals surface area contributed by atoms with Crippen molar-refractivity contribution in [3.63, 3.8) is 0 Å². The van der Waals surface area contributed by atoms with Crippen LogP contribution in [-0.2, 0) is 4.89 Å². The molecule has 0 aromatic carbocycles. The van der Waals surface area contributed by atoms with Gasteiger partial charge in [-0.05, 0) is 14.1 Å². The van der Waals surface area contributed by atoms with E-state index in [0.29, 0.717) is 0 Å². The van der Waals surface area contributed by atoms with Gasteiger partial charge in [-0.15, -0.1) is 0 Å². The summed E-state index contributed by atoms with van der Waals surface area (Å²) in [5.74, 6) is 0. The minimum Gasteiger partial charge on any atom is -0.448 e. The molecule has 0 bridgehead atoms. The molecule has 0 heterocycles. The highest BCUT2D eigenvalue weighted by Gasteiger charge is 1.84. The van der Waals surface area contributed by atoms with Crippen molar-refractivity contribution in [1.29, 1.82) is 0 Å². The predicted molar refractivity (Wildman–Crippen MR) is 26.7 cm³/mol. The Morgan fingerprint density at radius 1 is 1.62 bits per heavy atom. The fourth-order valence-corrected chi connectivity index (χ4v) is 0. The molecule has 0 fully saturated rings. The van der Waals surface area contributed by atoms with Gasteiger partial charge in [0.15, 0.2) is 0 Å². The van der Waals surface area contributed by atoms with Crippen molar-refractivity contribution >= 4 is 6.16 Å². The van der Waals surface area contributed by atoms with Crippen LogP contribution in [0.1, 0.15) is 0 Å². The van der Waals surface area contributed by atoms with Crippen molar-refractivity contribution in [2.24, 2.45) is 0 Å². The highest BCUT2D eigenvalue weighted by atomic mass is 17.1. The van der Waals surface area contributed by atoms with Gasteiger partial charge in [0.1, 0.15) is 0 Å². The standard InChI is InChI=1S/C2H7N.CH2O4/c1-3-2;2-1(3)5-4/h3H,1-2H3;4H,(H,2,3). The predicted octanol–water partition coefficient (Wildman–Crippen LogP) is -0.0104. The SMILES string of the molecule is CNC.O=C(O)OO. The average molecular weight is 123 g/mol. The Kier molecular flexibility index (Phi) is 12.1. The van der Waals surface area contributed by atoms with Crippen LogP contribution >= 0.6 is 0 Å². The molecule has 0 aromatic rings. The third kappa shape index (κ3) is 64.3. The molecule has 0 unspecified atom stereocenters. The van der Waals surface area contributed by atoms with Crippen LogP contribution in [0.2, 0.25) is 0 Å². The molecule has 0 aliphatic carbocycles. The molecule has 0 aliphatic heterocycles. The highest BCUT2D eigenvalue weighted by molar-refractivity contribution is 5.55. The minimum atomic E-state index is -1.69. The first-order valence-electron chi connectivity index (χ1n) is 1.81. The van der Waals surface area contributed by atoms with E-state index in [1.54, 1.807) is 0 Å². The van der Waals surface area contributed by atoms with E-state index in [1.165, 1.54) is 0 Å². The molecule has 0 atom stereocenters. The smallest absolute Gasteiger partial charge is 0.448 e. The summed E-state index contributed by atoms with van der Waals surface area (Å²) in [5.41, 5.74) is 0. The second-order valence-electron chi connectivity index (χ2n) is 0.857. The molecule has 8 heavy (non-hydrogen) atoms. The topological polar surface area (TPSA) is 78.8 Å². The second-order valence-corrected chi connectivity index (χ2v) is 0.857. The summed E-state index contributed by atoms with van der Waals surface area (Å²) in [7, 11) is 3.75. The van der Waals surface area contributed by atoms with Crippen LogP contribution < -0.4 is 5.32 Å². The molecular weight excluding hydrogens is 114 g/mol. The molecule has 0 saturated heterocycles. The van der Waals surface area contributed by atoms with Crippen molar-refractivity contribution in [3.05, 3.63) is 0 Å². The molecule has 0 spiro atoms. The maximum atomic E-state index is 8.90. The van der Waals surface area contributed by atoms with Crippen molar-refractivity contribution < 1.29 is 20.0 Å². The number of rotatable bonds is 0. The highest BCUT2D eigenvalue weighted by Crippen LogP contribution is 1.59. The van der Waals surface area contributed by atoms with E-state index in [9.17, 15) is 0 Å². The Labute approximate surface area is 46.8 Å². The van der Waals surface area contributed by atoms with Crippen LogP contribution in [0.4, 0.5) is 4.79 Å². The molecule has 0 aliphatic rings. The number of nitrogens with one attached hydrogen (secondary N) is 1. The Balaban J connectivity index is 0. The normalized spacial score (nSPS) is 6.38. The zero-order valence-electron chi connectivity index (χ0n) is 4.71. The Morgan fingerprint density at radius 2 is 1.75 bits per heavy atom. The van der Waals surface area contributed by atoms with Gasteiger partial charge in [-0.3, -0.25) is 4.89 Å². The Hall–Kier alpha value is -0.810. The lowest BCUT2D eigenvalue weighted by Gasteiger charge is -1.75. The molecule has 0 aromatic heterocycles. The van der Waals surface area contributed by atoms with Crippen LogP contribution in [0.15, 0.2) is 0 Å². The fraction of sp³-hybridized carbons (Fsp3) is 0.667. The third-order valence-corrected chi connectivity index (χ3v) is 0.0781. The largest absolute Gasteiger partial charge is 0.537 e. The number of carbonyl (C=O) groups is 1. The minimum absolute atomic E-state index is 1.69. The maximum Gasteiger partial charge on any atom is 0.537 e. The Bertz CT molecular complexity index is 55.2.